The van der Waals surface area contributed by atoms with E-state index in [9.17, 15) is 19.2 Å². The average Bonchev–Trinajstić information content (AvgIpc) is 3.36. The van der Waals surface area contributed by atoms with Crippen LogP contribution in [0.5, 0.6) is 0 Å². The zero-order valence-corrected chi connectivity index (χ0v) is 17.2. The van der Waals surface area contributed by atoms with E-state index in [1.165, 1.54) is 0 Å². The number of benzene rings is 1. The molecule has 0 aromatic heterocycles. The summed E-state index contributed by atoms with van der Waals surface area (Å²) >= 11 is 5.82. The van der Waals surface area contributed by atoms with Gasteiger partial charge in [0.15, 0.2) is 12.4 Å². The quantitative estimate of drug-likeness (QED) is 0.403. The Morgan fingerprint density at radius 1 is 1.07 bits per heavy atom. The number of amides is 2. The van der Waals surface area contributed by atoms with E-state index in [-0.39, 0.29) is 47.2 Å². The maximum atomic E-state index is 13.0. The third kappa shape index (κ3) is 3.37. The van der Waals surface area contributed by atoms with Crippen molar-refractivity contribution in [2.45, 2.75) is 39.2 Å². The number of imide groups is 1. The smallest absolute Gasteiger partial charge is 0.330 e. The molecule has 0 N–H and O–H groups in total. The van der Waals surface area contributed by atoms with E-state index < -0.39 is 18.6 Å². The van der Waals surface area contributed by atoms with Crippen molar-refractivity contribution in [2.24, 2.45) is 29.6 Å². The lowest BCUT2D eigenvalue weighted by Gasteiger charge is -2.28. The molecule has 3 fully saturated rings. The van der Waals surface area contributed by atoms with Crippen LogP contribution >= 0.6 is 11.6 Å². The molecule has 0 unspecified atom stereocenters. The summed E-state index contributed by atoms with van der Waals surface area (Å²) in [5.41, 5.74) is 0.378. The van der Waals surface area contributed by atoms with Crippen LogP contribution < -0.4 is 0 Å². The maximum absolute atomic E-state index is 13.0. The lowest BCUT2D eigenvalue weighted by atomic mass is 9.81. The Labute approximate surface area is 174 Å². The molecule has 1 aliphatic heterocycles. The first-order chi connectivity index (χ1) is 13.8. The van der Waals surface area contributed by atoms with Crippen molar-refractivity contribution in [1.29, 1.82) is 0 Å². The van der Waals surface area contributed by atoms with E-state index in [1.54, 1.807) is 38.1 Å². The van der Waals surface area contributed by atoms with Gasteiger partial charge in [-0.05, 0) is 61.3 Å². The van der Waals surface area contributed by atoms with E-state index in [4.69, 9.17) is 16.3 Å². The molecule has 0 radical (unpaired) electrons. The van der Waals surface area contributed by atoms with E-state index in [0.717, 1.165) is 24.2 Å². The van der Waals surface area contributed by atoms with Gasteiger partial charge >= 0.3 is 5.97 Å². The molecule has 2 amide bonds. The van der Waals surface area contributed by atoms with Gasteiger partial charge in [-0.2, -0.15) is 0 Å². The molecule has 2 aliphatic carbocycles. The molecule has 1 heterocycles. The van der Waals surface area contributed by atoms with Crippen LogP contribution in [0.3, 0.4) is 0 Å². The van der Waals surface area contributed by atoms with Crippen molar-refractivity contribution in [3.63, 3.8) is 0 Å². The fraction of sp³-hybridized carbons (Fsp3) is 0.545. The number of carbonyl (C=O) groups is 4. The molecular formula is C22H24ClNO5. The van der Waals surface area contributed by atoms with Crippen LogP contribution in [0.1, 0.15) is 43.5 Å². The second-order valence-corrected chi connectivity index (χ2v) is 9.09. The molecule has 7 heteroatoms. The van der Waals surface area contributed by atoms with Gasteiger partial charge in [-0.25, -0.2) is 4.79 Å². The molecule has 154 valence electrons. The summed E-state index contributed by atoms with van der Waals surface area (Å²) in [5, 5.41) is 0.504. The number of hydrogen-bond acceptors (Lipinski definition) is 5. The third-order valence-electron chi connectivity index (χ3n) is 6.62. The Morgan fingerprint density at radius 2 is 1.62 bits per heavy atom. The lowest BCUT2D eigenvalue weighted by Crippen LogP contribution is -2.50. The van der Waals surface area contributed by atoms with Crippen molar-refractivity contribution < 1.29 is 23.9 Å². The van der Waals surface area contributed by atoms with E-state index in [1.807, 2.05) is 0 Å². The number of halogens is 1. The van der Waals surface area contributed by atoms with Crippen molar-refractivity contribution in [1.82, 2.24) is 4.90 Å². The molecule has 5 atom stereocenters. The summed E-state index contributed by atoms with van der Waals surface area (Å²) in [6, 6.07) is 5.29. The second-order valence-electron chi connectivity index (χ2n) is 8.66. The minimum atomic E-state index is -1.00. The number of hydrogen-bond donors (Lipinski definition) is 0. The van der Waals surface area contributed by atoms with Gasteiger partial charge in [-0.1, -0.05) is 25.4 Å². The van der Waals surface area contributed by atoms with Gasteiger partial charge in [0.05, 0.1) is 11.8 Å². The maximum Gasteiger partial charge on any atom is 0.330 e. The molecule has 6 nitrogen and oxygen atoms in total. The van der Waals surface area contributed by atoms with Crippen LogP contribution in [0, 0.1) is 29.6 Å². The Hall–Kier alpha value is -2.21. The van der Waals surface area contributed by atoms with Gasteiger partial charge in [-0.15, -0.1) is 0 Å². The number of ketones is 1. The normalized spacial score (nSPS) is 28.8. The van der Waals surface area contributed by atoms with Crippen molar-refractivity contribution >= 4 is 35.2 Å². The summed E-state index contributed by atoms with van der Waals surface area (Å²) in [4.78, 5) is 52.3. The molecule has 1 aromatic carbocycles. The molecular weight excluding hydrogens is 394 g/mol. The third-order valence-corrected chi connectivity index (χ3v) is 6.88. The second kappa shape index (κ2) is 7.56. The Bertz CT molecular complexity index is 836. The first-order valence-corrected chi connectivity index (χ1v) is 10.5. The number of nitrogens with zero attached hydrogens (tertiary/aromatic N) is 1. The first-order valence-electron chi connectivity index (χ1n) is 10.1. The van der Waals surface area contributed by atoms with E-state index in [2.05, 4.69) is 0 Å². The van der Waals surface area contributed by atoms with Gasteiger partial charge < -0.3 is 4.74 Å². The molecule has 1 aromatic rings. The van der Waals surface area contributed by atoms with Crippen LogP contribution in [0.4, 0.5) is 0 Å². The van der Waals surface area contributed by atoms with Crippen LogP contribution in [-0.2, 0) is 19.1 Å². The number of rotatable bonds is 6. The Balaban J connectivity index is 1.47. The number of Topliss-reactive ketones (excluding diaryl/α,β-unsaturated/α-hetero) is 1. The largest absolute Gasteiger partial charge is 0.456 e. The van der Waals surface area contributed by atoms with E-state index >= 15 is 0 Å². The summed E-state index contributed by atoms with van der Waals surface area (Å²) in [7, 11) is 0. The highest BCUT2D eigenvalue weighted by Gasteiger charge is 2.62. The predicted molar refractivity (Wildman–Crippen MR) is 105 cm³/mol. The fourth-order valence-electron chi connectivity index (χ4n) is 5.32. The monoisotopic (exact) mass is 417 g/mol. The highest BCUT2D eigenvalue weighted by Crippen LogP contribution is 2.56. The van der Waals surface area contributed by atoms with Gasteiger partial charge in [0.2, 0.25) is 11.8 Å². The summed E-state index contributed by atoms with van der Waals surface area (Å²) < 4.78 is 5.24. The van der Waals surface area contributed by atoms with Crippen LogP contribution in [0.2, 0.25) is 5.02 Å². The molecule has 3 aliphatic rings. The minimum Gasteiger partial charge on any atom is -0.456 e. The van der Waals surface area contributed by atoms with Gasteiger partial charge in [0.25, 0.3) is 0 Å². The standard InChI is InChI=1S/C22H24ClNO5/c1-11(2)19(22(28)29-10-16(25)12-5-7-15(23)8-6-12)24-20(26)17-13-3-4-14(9-13)18(17)21(24)27/h5-8,11,13-14,17-19H,3-4,9-10H2,1-2H3/t13-,14-,17+,18+,19+/m0/s1. The van der Waals surface area contributed by atoms with Crippen LogP contribution in [-0.4, -0.2) is 41.1 Å². The molecule has 1 saturated heterocycles. The van der Waals surface area contributed by atoms with Gasteiger partial charge in [-0.3, -0.25) is 19.3 Å². The zero-order chi connectivity index (χ0) is 20.9. The summed E-state index contributed by atoms with van der Waals surface area (Å²) in [5.74, 6) is -1.94. The van der Waals surface area contributed by atoms with Crippen molar-refractivity contribution in [3.8, 4) is 0 Å². The fourth-order valence-corrected chi connectivity index (χ4v) is 5.45. The highest BCUT2D eigenvalue weighted by atomic mass is 35.5. The molecule has 2 saturated carbocycles. The molecule has 0 spiro atoms. The number of esters is 1. The van der Waals surface area contributed by atoms with E-state index in [0.29, 0.717) is 10.6 Å². The summed E-state index contributed by atoms with van der Waals surface area (Å²) in [6.45, 7) is 3.10. The van der Waals surface area contributed by atoms with Gasteiger partial charge in [0.1, 0.15) is 6.04 Å². The van der Waals surface area contributed by atoms with Gasteiger partial charge in [0, 0.05) is 10.6 Å². The van der Waals surface area contributed by atoms with Crippen LogP contribution in [0.25, 0.3) is 0 Å². The zero-order valence-electron chi connectivity index (χ0n) is 16.5. The number of carbonyl (C=O) groups excluding carboxylic acids is 4. The molecule has 29 heavy (non-hydrogen) atoms. The number of likely N-dealkylation sites (tertiary alicyclic amines) is 1. The minimum absolute atomic E-state index is 0.244. The van der Waals surface area contributed by atoms with Crippen molar-refractivity contribution in [2.75, 3.05) is 6.61 Å². The highest BCUT2D eigenvalue weighted by molar-refractivity contribution is 6.30. The summed E-state index contributed by atoms with van der Waals surface area (Å²) in [6.07, 6.45) is 2.89. The van der Waals surface area contributed by atoms with Crippen molar-refractivity contribution in [3.05, 3.63) is 34.9 Å². The number of fused-ring (bicyclic) bond motifs is 5. The topological polar surface area (TPSA) is 80.8 Å². The van der Waals surface area contributed by atoms with Crippen LogP contribution in [0.15, 0.2) is 24.3 Å². The SMILES string of the molecule is CC(C)[C@H](C(=O)OCC(=O)c1ccc(Cl)cc1)N1C(=O)[C@@H]2[C@H]3CC[C@@H](C3)[C@H]2C1=O. The average molecular weight is 418 g/mol. The first kappa shape index (κ1) is 20.1. The number of ether oxygens (including phenoxy) is 1. The Morgan fingerprint density at radius 3 is 2.14 bits per heavy atom. The molecule has 4 rings (SSSR count). The Kier molecular flexibility index (Phi) is 5.23. The lowest BCUT2D eigenvalue weighted by molar-refractivity contribution is -0.160. The predicted octanol–water partition coefficient (Wildman–Crippen LogP) is 3.12. The molecule has 2 bridgehead atoms.